The molecule has 0 aliphatic carbocycles. The number of nitrogens with zero attached hydrogens (tertiary/aromatic N) is 1. The van der Waals surface area contributed by atoms with Crippen molar-refractivity contribution in [2.45, 2.75) is 17.7 Å². The summed E-state index contributed by atoms with van der Waals surface area (Å²) in [6.07, 6.45) is 3.57. The van der Waals surface area contributed by atoms with Gasteiger partial charge in [-0.2, -0.15) is 0 Å². The summed E-state index contributed by atoms with van der Waals surface area (Å²) < 4.78 is 10.5. The molecule has 3 rings (SSSR count). The zero-order valence-corrected chi connectivity index (χ0v) is 17.8. The summed E-state index contributed by atoms with van der Waals surface area (Å²) in [4.78, 5) is 28.5. The summed E-state index contributed by atoms with van der Waals surface area (Å²) in [6, 6.07) is 12.7. The number of rotatable bonds is 6. The number of nitrogens with one attached hydrogen (secondary N) is 1. The van der Waals surface area contributed by atoms with Crippen molar-refractivity contribution in [1.29, 1.82) is 0 Å². The Labute approximate surface area is 175 Å². The van der Waals surface area contributed by atoms with Gasteiger partial charge in [-0.15, -0.1) is 11.8 Å². The Morgan fingerprint density at radius 1 is 1.07 bits per heavy atom. The van der Waals surface area contributed by atoms with E-state index in [0.717, 1.165) is 23.4 Å². The van der Waals surface area contributed by atoms with Crippen LogP contribution >= 0.6 is 11.8 Å². The number of carbonyl (C=O) groups excluding carboxylic acids is 2. The van der Waals surface area contributed by atoms with Crippen LogP contribution < -0.4 is 14.8 Å². The van der Waals surface area contributed by atoms with E-state index in [2.05, 4.69) is 5.32 Å². The number of carbonyl (C=O) groups is 2. The van der Waals surface area contributed by atoms with Crippen molar-refractivity contribution in [3.05, 3.63) is 48.0 Å². The molecule has 7 heteroatoms. The molecule has 1 atom stereocenters. The fraction of sp³-hybridized carbons (Fsp3) is 0.364. The van der Waals surface area contributed by atoms with E-state index in [0.29, 0.717) is 30.2 Å². The Kier molecular flexibility index (Phi) is 7.04. The van der Waals surface area contributed by atoms with Gasteiger partial charge in [-0.3, -0.25) is 4.79 Å². The van der Waals surface area contributed by atoms with E-state index < -0.39 is 0 Å². The standard InChI is InChI=1S/C22H26N2O4S/c1-27-19-11-6-15(13-20(19)28-2)21(25)16-5-4-12-24(14-16)22(26)23-17-7-9-18(29-3)10-8-17/h6-11,13,16H,4-5,12,14H2,1-3H3,(H,23,26). The van der Waals surface area contributed by atoms with E-state index in [1.54, 1.807) is 49.1 Å². The Morgan fingerprint density at radius 2 is 1.79 bits per heavy atom. The molecule has 2 aromatic carbocycles. The van der Waals surface area contributed by atoms with Gasteiger partial charge in [0.2, 0.25) is 0 Å². The highest BCUT2D eigenvalue weighted by Crippen LogP contribution is 2.30. The zero-order valence-electron chi connectivity index (χ0n) is 16.9. The number of Topliss-reactive ketones (excluding diaryl/α,β-unsaturated/α-hetero) is 1. The van der Waals surface area contributed by atoms with Crippen LogP contribution in [0.15, 0.2) is 47.4 Å². The molecule has 0 spiro atoms. The third kappa shape index (κ3) is 5.03. The van der Waals surface area contributed by atoms with Crippen LogP contribution in [0.3, 0.4) is 0 Å². The molecule has 29 heavy (non-hydrogen) atoms. The second kappa shape index (κ2) is 9.69. The summed E-state index contributed by atoms with van der Waals surface area (Å²) in [5, 5.41) is 2.93. The maximum Gasteiger partial charge on any atom is 0.321 e. The van der Waals surface area contributed by atoms with Crippen LogP contribution in [0.2, 0.25) is 0 Å². The summed E-state index contributed by atoms with van der Waals surface area (Å²) in [7, 11) is 3.11. The molecule has 1 unspecified atom stereocenters. The number of urea groups is 1. The van der Waals surface area contributed by atoms with Crippen LogP contribution in [0, 0.1) is 5.92 Å². The fourth-order valence-corrected chi connectivity index (χ4v) is 3.89. The van der Waals surface area contributed by atoms with Crippen molar-refractivity contribution in [3.8, 4) is 11.5 Å². The molecular weight excluding hydrogens is 388 g/mol. The Balaban J connectivity index is 1.66. The molecule has 1 aliphatic heterocycles. The predicted molar refractivity (Wildman–Crippen MR) is 115 cm³/mol. The van der Waals surface area contributed by atoms with Gasteiger partial charge in [-0.05, 0) is 61.6 Å². The highest BCUT2D eigenvalue weighted by Gasteiger charge is 2.29. The van der Waals surface area contributed by atoms with Gasteiger partial charge in [0.25, 0.3) is 0 Å². The first kappa shape index (κ1) is 21.0. The van der Waals surface area contributed by atoms with Gasteiger partial charge in [0, 0.05) is 35.2 Å². The molecule has 1 fully saturated rings. The first-order valence-corrected chi connectivity index (χ1v) is 10.7. The van der Waals surface area contributed by atoms with Gasteiger partial charge >= 0.3 is 6.03 Å². The Hall–Kier alpha value is -2.67. The van der Waals surface area contributed by atoms with Crippen LogP contribution in [-0.4, -0.2) is 50.3 Å². The van der Waals surface area contributed by atoms with E-state index in [1.807, 2.05) is 30.5 Å². The van der Waals surface area contributed by atoms with Crippen molar-refractivity contribution in [2.24, 2.45) is 5.92 Å². The van der Waals surface area contributed by atoms with Crippen molar-refractivity contribution in [3.63, 3.8) is 0 Å². The fourth-order valence-electron chi connectivity index (χ4n) is 3.48. The molecule has 2 amide bonds. The second-order valence-electron chi connectivity index (χ2n) is 6.88. The highest BCUT2D eigenvalue weighted by atomic mass is 32.2. The number of benzene rings is 2. The minimum absolute atomic E-state index is 0.0211. The molecule has 6 nitrogen and oxygen atoms in total. The Morgan fingerprint density at radius 3 is 2.45 bits per heavy atom. The number of methoxy groups -OCH3 is 2. The summed E-state index contributed by atoms with van der Waals surface area (Å²) >= 11 is 1.65. The lowest BCUT2D eigenvalue weighted by Crippen LogP contribution is -2.44. The lowest BCUT2D eigenvalue weighted by atomic mass is 9.90. The maximum atomic E-state index is 13.0. The first-order valence-electron chi connectivity index (χ1n) is 9.52. The topological polar surface area (TPSA) is 67.9 Å². The van der Waals surface area contributed by atoms with E-state index in [-0.39, 0.29) is 17.7 Å². The molecule has 0 radical (unpaired) electrons. The van der Waals surface area contributed by atoms with Gasteiger partial charge in [0.15, 0.2) is 17.3 Å². The van der Waals surface area contributed by atoms with Crippen molar-refractivity contribution in [1.82, 2.24) is 4.90 Å². The second-order valence-corrected chi connectivity index (χ2v) is 7.76. The molecule has 0 bridgehead atoms. The largest absolute Gasteiger partial charge is 0.493 e. The number of hydrogen-bond donors (Lipinski definition) is 1. The third-order valence-electron chi connectivity index (χ3n) is 5.09. The molecule has 1 heterocycles. The number of amides is 2. The lowest BCUT2D eigenvalue weighted by molar-refractivity contribution is 0.0851. The van der Waals surface area contributed by atoms with Crippen LogP contribution in [0.1, 0.15) is 23.2 Å². The number of anilines is 1. The van der Waals surface area contributed by atoms with Gasteiger partial charge in [0.1, 0.15) is 0 Å². The number of likely N-dealkylation sites (tertiary alicyclic amines) is 1. The highest BCUT2D eigenvalue weighted by molar-refractivity contribution is 7.98. The van der Waals surface area contributed by atoms with E-state index >= 15 is 0 Å². The number of ether oxygens (including phenoxy) is 2. The number of hydrogen-bond acceptors (Lipinski definition) is 5. The summed E-state index contributed by atoms with van der Waals surface area (Å²) in [5.74, 6) is 0.901. The quantitative estimate of drug-likeness (QED) is 0.555. The average molecular weight is 415 g/mol. The molecule has 0 saturated carbocycles. The van der Waals surface area contributed by atoms with Gasteiger partial charge in [-0.25, -0.2) is 4.79 Å². The van der Waals surface area contributed by atoms with E-state index in [9.17, 15) is 9.59 Å². The predicted octanol–water partition coefficient (Wildman–Crippen LogP) is 4.55. The van der Waals surface area contributed by atoms with Crippen molar-refractivity contribution >= 4 is 29.3 Å². The minimum atomic E-state index is -0.230. The molecular formula is C22H26N2O4S. The molecule has 1 N–H and O–H groups in total. The first-order chi connectivity index (χ1) is 14.0. The number of ketones is 1. The number of thioether (sulfide) groups is 1. The Bertz CT molecular complexity index is 870. The van der Waals surface area contributed by atoms with E-state index in [4.69, 9.17) is 9.47 Å². The maximum absolute atomic E-state index is 13.0. The normalized spacial score (nSPS) is 16.2. The van der Waals surface area contributed by atoms with Crippen molar-refractivity contribution < 1.29 is 19.1 Å². The summed E-state index contributed by atoms with van der Waals surface area (Å²) in [6.45, 7) is 1.05. The zero-order chi connectivity index (χ0) is 20.8. The van der Waals surface area contributed by atoms with Gasteiger partial charge < -0.3 is 19.7 Å². The SMILES string of the molecule is COc1ccc(C(=O)C2CCCN(C(=O)Nc3ccc(SC)cc3)C2)cc1OC. The minimum Gasteiger partial charge on any atom is -0.493 e. The van der Waals surface area contributed by atoms with Crippen LogP contribution in [0.5, 0.6) is 11.5 Å². The smallest absolute Gasteiger partial charge is 0.321 e. The molecule has 1 saturated heterocycles. The molecule has 154 valence electrons. The molecule has 0 aromatic heterocycles. The molecule has 1 aliphatic rings. The van der Waals surface area contributed by atoms with Crippen LogP contribution in [-0.2, 0) is 0 Å². The van der Waals surface area contributed by atoms with E-state index in [1.165, 1.54) is 0 Å². The van der Waals surface area contributed by atoms with Crippen LogP contribution in [0.4, 0.5) is 10.5 Å². The average Bonchev–Trinajstić information content (AvgIpc) is 2.78. The third-order valence-corrected chi connectivity index (χ3v) is 5.83. The van der Waals surface area contributed by atoms with Crippen LogP contribution in [0.25, 0.3) is 0 Å². The lowest BCUT2D eigenvalue weighted by Gasteiger charge is -2.32. The monoisotopic (exact) mass is 414 g/mol. The number of piperidine rings is 1. The summed E-state index contributed by atoms with van der Waals surface area (Å²) in [5.41, 5.74) is 1.32. The molecule has 2 aromatic rings. The van der Waals surface area contributed by atoms with Gasteiger partial charge in [-0.1, -0.05) is 0 Å². The van der Waals surface area contributed by atoms with Crippen molar-refractivity contribution in [2.75, 3.05) is 38.9 Å². The van der Waals surface area contributed by atoms with Gasteiger partial charge in [0.05, 0.1) is 14.2 Å².